The molecule has 2 heterocycles. The molecule has 0 bridgehead atoms. The standard InChI is InChI=1S/C17H13FN4O2S2/c1-10(11-5-3-2-4-6-11)22-13-7-12(18)15(8-14(13)24-17(22)23)25-21-16-19-9-20-26-16/h2-10H,1H3,(H,19,20,21). The van der Waals surface area contributed by atoms with Gasteiger partial charge in [0, 0.05) is 23.7 Å². The molecule has 26 heavy (non-hydrogen) atoms. The van der Waals surface area contributed by atoms with Crippen LogP contribution < -0.4 is 10.5 Å². The highest BCUT2D eigenvalue weighted by atomic mass is 32.2. The van der Waals surface area contributed by atoms with Gasteiger partial charge in [0.15, 0.2) is 5.58 Å². The summed E-state index contributed by atoms with van der Waals surface area (Å²) in [4.78, 5) is 16.6. The van der Waals surface area contributed by atoms with Crippen molar-refractivity contribution in [2.24, 2.45) is 0 Å². The Balaban J connectivity index is 1.71. The molecule has 9 heteroatoms. The van der Waals surface area contributed by atoms with Crippen molar-refractivity contribution in [2.75, 3.05) is 4.72 Å². The molecular weight excluding hydrogens is 375 g/mol. The van der Waals surface area contributed by atoms with Gasteiger partial charge in [-0.05, 0) is 24.4 Å². The Morgan fingerprint density at radius 1 is 1.31 bits per heavy atom. The van der Waals surface area contributed by atoms with E-state index in [0.29, 0.717) is 21.1 Å². The zero-order valence-electron chi connectivity index (χ0n) is 13.5. The predicted molar refractivity (Wildman–Crippen MR) is 100 cm³/mol. The molecule has 0 aliphatic carbocycles. The first kappa shape index (κ1) is 16.8. The number of rotatable bonds is 5. The van der Waals surface area contributed by atoms with Gasteiger partial charge in [0.1, 0.15) is 12.1 Å². The van der Waals surface area contributed by atoms with Crippen molar-refractivity contribution >= 4 is 39.7 Å². The van der Waals surface area contributed by atoms with Crippen molar-refractivity contribution in [1.29, 1.82) is 0 Å². The van der Waals surface area contributed by atoms with Crippen molar-refractivity contribution in [3.8, 4) is 0 Å². The molecule has 2 aromatic carbocycles. The lowest BCUT2D eigenvalue weighted by molar-refractivity contribution is 0.489. The molecule has 0 saturated heterocycles. The second kappa shape index (κ2) is 6.93. The number of fused-ring (bicyclic) bond motifs is 1. The summed E-state index contributed by atoms with van der Waals surface area (Å²) >= 11 is 2.22. The Kier molecular flexibility index (Phi) is 4.48. The first-order valence-electron chi connectivity index (χ1n) is 7.72. The number of hydrogen-bond acceptors (Lipinski definition) is 7. The van der Waals surface area contributed by atoms with E-state index < -0.39 is 11.6 Å². The van der Waals surface area contributed by atoms with Gasteiger partial charge >= 0.3 is 5.76 Å². The van der Waals surface area contributed by atoms with Crippen molar-refractivity contribution in [2.45, 2.75) is 17.9 Å². The molecule has 0 spiro atoms. The van der Waals surface area contributed by atoms with Gasteiger partial charge in [0.25, 0.3) is 0 Å². The van der Waals surface area contributed by atoms with E-state index in [1.54, 1.807) is 0 Å². The topological polar surface area (TPSA) is 73.0 Å². The van der Waals surface area contributed by atoms with E-state index in [-0.39, 0.29) is 6.04 Å². The third-order valence-electron chi connectivity index (χ3n) is 3.95. The lowest BCUT2D eigenvalue weighted by atomic mass is 10.1. The quantitative estimate of drug-likeness (QED) is 0.514. The number of nitrogens with one attached hydrogen (secondary N) is 1. The van der Waals surface area contributed by atoms with Crippen LogP contribution in [-0.2, 0) is 0 Å². The fourth-order valence-corrected chi connectivity index (χ4v) is 3.81. The lowest BCUT2D eigenvalue weighted by Crippen LogP contribution is -2.19. The number of anilines is 1. The normalized spacial score (nSPS) is 12.4. The summed E-state index contributed by atoms with van der Waals surface area (Å²) in [6.07, 6.45) is 1.41. The molecule has 0 saturated carbocycles. The summed E-state index contributed by atoms with van der Waals surface area (Å²) in [5.74, 6) is -0.968. The van der Waals surface area contributed by atoms with E-state index in [0.717, 1.165) is 17.5 Å². The summed E-state index contributed by atoms with van der Waals surface area (Å²) in [6, 6.07) is 12.1. The molecule has 0 radical (unpaired) electrons. The van der Waals surface area contributed by atoms with Crippen LogP contribution in [0.15, 0.2) is 62.9 Å². The van der Waals surface area contributed by atoms with Gasteiger partial charge < -0.3 is 9.14 Å². The van der Waals surface area contributed by atoms with Crippen LogP contribution in [-0.4, -0.2) is 13.9 Å². The molecule has 4 rings (SSSR count). The Morgan fingerprint density at radius 2 is 2.12 bits per heavy atom. The number of benzene rings is 2. The van der Waals surface area contributed by atoms with Crippen LogP contribution >= 0.6 is 23.5 Å². The number of hydrogen-bond donors (Lipinski definition) is 1. The van der Waals surface area contributed by atoms with Crippen molar-refractivity contribution in [3.63, 3.8) is 0 Å². The smallest absolute Gasteiger partial charge is 0.408 e. The van der Waals surface area contributed by atoms with Crippen LogP contribution in [0.4, 0.5) is 9.52 Å². The Labute approximate surface area is 156 Å². The van der Waals surface area contributed by atoms with Gasteiger partial charge in [0.05, 0.1) is 16.5 Å². The van der Waals surface area contributed by atoms with Gasteiger partial charge in [0.2, 0.25) is 5.13 Å². The molecule has 1 atom stereocenters. The molecule has 4 aromatic rings. The highest BCUT2D eigenvalue weighted by molar-refractivity contribution is 8.00. The van der Waals surface area contributed by atoms with E-state index in [9.17, 15) is 9.18 Å². The fraction of sp³-hybridized carbons (Fsp3) is 0.118. The molecular formula is C17H13FN4O2S2. The van der Waals surface area contributed by atoms with Gasteiger partial charge in [-0.3, -0.25) is 4.57 Å². The summed E-state index contributed by atoms with van der Waals surface area (Å²) in [5, 5.41) is 0.561. The largest absolute Gasteiger partial charge is 0.420 e. The van der Waals surface area contributed by atoms with Crippen LogP contribution in [0.2, 0.25) is 0 Å². The van der Waals surface area contributed by atoms with Crippen LogP contribution in [0.5, 0.6) is 0 Å². The summed E-state index contributed by atoms with van der Waals surface area (Å²) < 4.78 is 28.1. The SMILES string of the molecule is CC(c1ccccc1)n1c(=O)oc2cc(SNc3ncns3)c(F)cc21. The molecule has 1 unspecified atom stereocenters. The summed E-state index contributed by atoms with van der Waals surface area (Å²) in [7, 11) is 0. The number of nitrogens with zero attached hydrogens (tertiary/aromatic N) is 3. The monoisotopic (exact) mass is 388 g/mol. The Bertz CT molecular complexity index is 1090. The molecule has 0 aliphatic rings. The Hall–Kier alpha value is -2.65. The van der Waals surface area contributed by atoms with Gasteiger partial charge in [-0.2, -0.15) is 4.37 Å². The molecule has 0 amide bonds. The molecule has 6 nitrogen and oxygen atoms in total. The third kappa shape index (κ3) is 3.11. The fourth-order valence-electron chi connectivity index (χ4n) is 2.68. The van der Waals surface area contributed by atoms with Gasteiger partial charge in [-0.15, -0.1) is 0 Å². The predicted octanol–water partition coefficient (Wildman–Crippen LogP) is 4.31. The molecule has 132 valence electrons. The zero-order chi connectivity index (χ0) is 18.1. The van der Waals surface area contributed by atoms with Crippen LogP contribution in [0.1, 0.15) is 18.5 Å². The first-order chi connectivity index (χ1) is 12.6. The maximum Gasteiger partial charge on any atom is 0.420 e. The number of aromatic nitrogens is 3. The first-order valence-corrected chi connectivity index (χ1v) is 9.31. The maximum atomic E-state index is 14.6. The molecule has 2 aromatic heterocycles. The van der Waals surface area contributed by atoms with E-state index >= 15 is 0 Å². The average Bonchev–Trinajstić information content (AvgIpc) is 3.27. The highest BCUT2D eigenvalue weighted by Crippen LogP contribution is 2.30. The summed E-state index contributed by atoms with van der Waals surface area (Å²) in [6.45, 7) is 1.88. The van der Waals surface area contributed by atoms with Gasteiger partial charge in [-0.25, -0.2) is 14.2 Å². The minimum Gasteiger partial charge on any atom is -0.408 e. The second-order valence-electron chi connectivity index (χ2n) is 5.53. The van der Waals surface area contributed by atoms with Crippen LogP contribution in [0.25, 0.3) is 11.1 Å². The molecule has 1 N–H and O–H groups in total. The van der Waals surface area contributed by atoms with Crippen LogP contribution in [0, 0.1) is 5.82 Å². The van der Waals surface area contributed by atoms with E-state index in [1.807, 2.05) is 37.3 Å². The second-order valence-corrected chi connectivity index (χ2v) is 7.15. The van der Waals surface area contributed by atoms with E-state index in [2.05, 4.69) is 14.1 Å². The van der Waals surface area contributed by atoms with Crippen molar-refractivity contribution in [1.82, 2.24) is 13.9 Å². The average molecular weight is 388 g/mol. The molecule has 0 fully saturated rings. The third-order valence-corrected chi connectivity index (χ3v) is 5.48. The van der Waals surface area contributed by atoms with Crippen molar-refractivity contribution in [3.05, 3.63) is 70.7 Å². The molecule has 0 aliphatic heterocycles. The lowest BCUT2D eigenvalue weighted by Gasteiger charge is -2.13. The minimum atomic E-state index is -0.519. The van der Waals surface area contributed by atoms with E-state index in [4.69, 9.17) is 4.42 Å². The number of halogens is 1. The van der Waals surface area contributed by atoms with E-state index in [1.165, 1.54) is 34.6 Å². The highest BCUT2D eigenvalue weighted by Gasteiger charge is 2.19. The summed E-state index contributed by atoms with van der Waals surface area (Å²) in [5.41, 5.74) is 1.69. The van der Waals surface area contributed by atoms with Crippen molar-refractivity contribution < 1.29 is 8.81 Å². The van der Waals surface area contributed by atoms with Gasteiger partial charge in [-0.1, -0.05) is 30.3 Å². The zero-order valence-corrected chi connectivity index (χ0v) is 15.2. The number of oxazole rings is 1. The Morgan fingerprint density at radius 3 is 2.85 bits per heavy atom. The minimum absolute atomic E-state index is 0.276. The van der Waals surface area contributed by atoms with Crippen LogP contribution in [0.3, 0.4) is 0 Å². The maximum absolute atomic E-state index is 14.6.